The quantitative estimate of drug-likeness (QED) is 0.432. The average molecular weight is 496 g/mol. The predicted molar refractivity (Wildman–Crippen MR) is 113 cm³/mol. The molecule has 0 fully saturated rings. The van der Waals surface area contributed by atoms with Crippen molar-refractivity contribution in [3.8, 4) is 11.4 Å². The zero-order valence-electron chi connectivity index (χ0n) is 17.1. The maximum atomic E-state index is 13.2. The topological polar surface area (TPSA) is 121 Å². The molecule has 10 nitrogen and oxygen atoms in total. The Kier molecular flexibility index (Phi) is 5.65. The van der Waals surface area contributed by atoms with Crippen LogP contribution in [0.15, 0.2) is 52.2 Å². The summed E-state index contributed by atoms with van der Waals surface area (Å²) in [4.78, 5) is 37.1. The first-order valence-electron chi connectivity index (χ1n) is 9.39. The molecule has 0 aliphatic rings. The fourth-order valence-electron chi connectivity index (χ4n) is 3.34. The monoisotopic (exact) mass is 495 g/mol. The molecule has 176 valence electrons. The number of fused-ring (bicyclic) bond motifs is 1. The maximum absolute atomic E-state index is 13.2. The average Bonchev–Trinajstić information content (AvgIpc) is 3.13. The Labute approximate surface area is 192 Å². The number of carbonyl (C=O) groups is 1. The van der Waals surface area contributed by atoms with E-state index in [0.29, 0.717) is 15.6 Å². The van der Waals surface area contributed by atoms with Gasteiger partial charge in [0.15, 0.2) is 0 Å². The Morgan fingerprint density at radius 3 is 2.62 bits per heavy atom. The summed E-state index contributed by atoms with van der Waals surface area (Å²) in [6, 6.07) is 7.59. The van der Waals surface area contributed by atoms with Crippen LogP contribution in [0.1, 0.15) is 11.1 Å². The van der Waals surface area contributed by atoms with E-state index in [4.69, 9.17) is 16.7 Å². The molecule has 1 N–H and O–H groups in total. The molecule has 0 aliphatic heterocycles. The van der Waals surface area contributed by atoms with Gasteiger partial charge in [-0.05, 0) is 29.8 Å². The Hall–Kier alpha value is -4.13. The van der Waals surface area contributed by atoms with E-state index >= 15 is 0 Å². The lowest BCUT2D eigenvalue weighted by Crippen LogP contribution is -2.40. The van der Waals surface area contributed by atoms with Crippen molar-refractivity contribution >= 4 is 28.8 Å². The smallest absolute Gasteiger partial charge is 0.449 e. The minimum atomic E-state index is -4.77. The number of rotatable bonds is 4. The van der Waals surface area contributed by atoms with Crippen molar-refractivity contribution in [1.82, 2.24) is 24.1 Å². The number of ether oxygens (including phenoxy) is 1. The van der Waals surface area contributed by atoms with Gasteiger partial charge in [0.05, 0.1) is 34.5 Å². The molecular formula is C20H13ClF3N5O5. The normalized spacial score (nSPS) is 11.7. The highest BCUT2D eigenvalue weighted by molar-refractivity contribution is 6.32. The Bertz CT molecular complexity index is 1560. The van der Waals surface area contributed by atoms with E-state index in [-0.39, 0.29) is 11.3 Å². The molecule has 0 saturated carbocycles. The molecule has 4 rings (SSSR count). The molecular weight excluding hydrogens is 483 g/mol. The van der Waals surface area contributed by atoms with Gasteiger partial charge in [0.1, 0.15) is 5.52 Å². The Morgan fingerprint density at radius 2 is 1.94 bits per heavy atom. The molecule has 0 unspecified atom stereocenters. The molecule has 0 atom stereocenters. The van der Waals surface area contributed by atoms with E-state index in [1.807, 2.05) is 0 Å². The summed E-state index contributed by atoms with van der Waals surface area (Å²) in [7, 11) is 1.65. The van der Waals surface area contributed by atoms with Crippen molar-refractivity contribution in [2.24, 2.45) is 7.05 Å². The van der Waals surface area contributed by atoms with Crippen molar-refractivity contribution in [1.29, 1.82) is 0 Å². The van der Waals surface area contributed by atoms with Crippen LogP contribution in [0.25, 0.3) is 16.7 Å². The highest BCUT2D eigenvalue weighted by Gasteiger charge is 2.34. The van der Waals surface area contributed by atoms with Gasteiger partial charge in [0.2, 0.25) is 5.75 Å². The summed E-state index contributed by atoms with van der Waals surface area (Å²) in [5.41, 5.74) is -2.27. The summed E-state index contributed by atoms with van der Waals surface area (Å²) in [5, 5.41) is 16.1. The molecule has 2 aromatic heterocycles. The second-order valence-electron chi connectivity index (χ2n) is 7.07. The summed E-state index contributed by atoms with van der Waals surface area (Å²) in [6.45, 7) is -0.676. The standard InChI is InChI=1S/C20H13ClF3N5O5/c1-27-14-6-5-11(7-13(14)25-26-27)28-9-15(34-19(32)33)17(30)29(18(28)31)8-10-3-2-4-12(16(10)21)20(22,23)24/h2-7,9H,8H2,1H3,(H,32,33). The van der Waals surface area contributed by atoms with Crippen LogP contribution >= 0.6 is 11.6 Å². The van der Waals surface area contributed by atoms with Crippen LogP contribution in [-0.4, -0.2) is 35.4 Å². The van der Waals surface area contributed by atoms with Crippen LogP contribution in [0.3, 0.4) is 0 Å². The third-order valence-corrected chi connectivity index (χ3v) is 5.37. The first-order chi connectivity index (χ1) is 16.0. The summed E-state index contributed by atoms with van der Waals surface area (Å²) in [6.07, 6.45) is -5.71. The van der Waals surface area contributed by atoms with Gasteiger partial charge in [0, 0.05) is 7.05 Å². The van der Waals surface area contributed by atoms with E-state index in [1.54, 1.807) is 13.1 Å². The molecule has 0 radical (unpaired) electrons. The number of hydrogen-bond acceptors (Lipinski definition) is 6. The molecule has 0 spiro atoms. The largest absolute Gasteiger partial charge is 0.511 e. The summed E-state index contributed by atoms with van der Waals surface area (Å²) >= 11 is 5.91. The van der Waals surface area contributed by atoms with E-state index in [1.165, 1.54) is 22.9 Å². The lowest BCUT2D eigenvalue weighted by molar-refractivity contribution is -0.137. The molecule has 0 aliphatic carbocycles. The number of alkyl halides is 3. The minimum Gasteiger partial charge on any atom is -0.449 e. The third-order valence-electron chi connectivity index (χ3n) is 4.92. The maximum Gasteiger partial charge on any atom is 0.511 e. The van der Waals surface area contributed by atoms with E-state index < -0.39 is 46.5 Å². The van der Waals surface area contributed by atoms with Crippen molar-refractivity contribution in [2.75, 3.05) is 0 Å². The van der Waals surface area contributed by atoms with Gasteiger partial charge < -0.3 is 9.84 Å². The van der Waals surface area contributed by atoms with Gasteiger partial charge >= 0.3 is 18.0 Å². The summed E-state index contributed by atoms with van der Waals surface area (Å²) in [5.74, 6) is -0.741. The first kappa shape index (κ1) is 23.0. The highest BCUT2D eigenvalue weighted by atomic mass is 35.5. The molecule has 2 heterocycles. The van der Waals surface area contributed by atoms with E-state index in [0.717, 1.165) is 22.9 Å². The highest BCUT2D eigenvalue weighted by Crippen LogP contribution is 2.36. The Balaban J connectivity index is 1.91. The van der Waals surface area contributed by atoms with Crippen LogP contribution < -0.4 is 16.0 Å². The van der Waals surface area contributed by atoms with Crippen LogP contribution in [0, 0.1) is 0 Å². The first-order valence-corrected chi connectivity index (χ1v) is 9.77. The number of aryl methyl sites for hydroxylation is 1. The SMILES string of the molecule is Cn1nnc2cc(-n3cc(OC(=O)O)c(=O)n(Cc4cccc(C(F)(F)F)c4Cl)c3=O)ccc21. The van der Waals surface area contributed by atoms with Crippen molar-refractivity contribution < 1.29 is 27.8 Å². The predicted octanol–water partition coefficient (Wildman–Crippen LogP) is 3.06. The fourth-order valence-corrected chi connectivity index (χ4v) is 3.63. The van der Waals surface area contributed by atoms with Crippen molar-refractivity contribution in [3.63, 3.8) is 0 Å². The number of carboxylic acid groups (broad SMARTS) is 1. The van der Waals surface area contributed by atoms with Gasteiger partial charge in [-0.1, -0.05) is 28.9 Å². The fraction of sp³-hybridized carbons (Fsp3) is 0.150. The number of hydrogen-bond donors (Lipinski definition) is 1. The second kappa shape index (κ2) is 8.33. The lowest BCUT2D eigenvalue weighted by Gasteiger charge is -2.15. The molecule has 4 aromatic rings. The van der Waals surface area contributed by atoms with Crippen molar-refractivity contribution in [2.45, 2.75) is 12.7 Å². The summed E-state index contributed by atoms with van der Waals surface area (Å²) < 4.78 is 47.1. The van der Waals surface area contributed by atoms with Crippen LogP contribution in [-0.2, 0) is 19.8 Å². The van der Waals surface area contributed by atoms with Crippen LogP contribution in [0.5, 0.6) is 5.75 Å². The molecule has 2 aromatic carbocycles. The van der Waals surface area contributed by atoms with Crippen LogP contribution in [0.2, 0.25) is 5.02 Å². The number of aromatic nitrogens is 5. The second-order valence-corrected chi connectivity index (χ2v) is 7.45. The van der Waals surface area contributed by atoms with Crippen molar-refractivity contribution in [3.05, 3.63) is 79.6 Å². The van der Waals surface area contributed by atoms with Gasteiger partial charge in [0.25, 0.3) is 5.56 Å². The zero-order valence-corrected chi connectivity index (χ0v) is 17.8. The van der Waals surface area contributed by atoms with E-state index in [2.05, 4.69) is 15.0 Å². The number of halogens is 4. The molecule has 0 bridgehead atoms. The number of benzene rings is 2. The molecule has 0 amide bonds. The minimum absolute atomic E-state index is 0.178. The molecule has 14 heteroatoms. The molecule has 34 heavy (non-hydrogen) atoms. The van der Waals surface area contributed by atoms with Gasteiger partial charge in [-0.2, -0.15) is 13.2 Å². The zero-order chi connectivity index (χ0) is 24.8. The number of nitrogens with zero attached hydrogens (tertiary/aromatic N) is 5. The van der Waals surface area contributed by atoms with Gasteiger partial charge in [-0.3, -0.25) is 13.9 Å². The van der Waals surface area contributed by atoms with Gasteiger partial charge in [-0.25, -0.2) is 14.3 Å². The Morgan fingerprint density at radius 1 is 1.21 bits per heavy atom. The van der Waals surface area contributed by atoms with E-state index in [9.17, 15) is 27.6 Å². The third kappa shape index (κ3) is 4.12. The molecule has 0 saturated heterocycles. The lowest BCUT2D eigenvalue weighted by atomic mass is 10.1. The van der Waals surface area contributed by atoms with Crippen LogP contribution in [0.4, 0.5) is 18.0 Å². The van der Waals surface area contributed by atoms with Gasteiger partial charge in [-0.15, -0.1) is 5.10 Å².